The first-order valence-electron chi connectivity index (χ1n) is 6.61. The molecule has 5 heteroatoms. The minimum absolute atomic E-state index is 0.201. The molecule has 3 unspecified atom stereocenters. The topological polar surface area (TPSA) is 43.8 Å². The fourth-order valence-electron chi connectivity index (χ4n) is 3.16. The maximum Gasteiger partial charge on any atom is 0.201 e. The van der Waals surface area contributed by atoms with E-state index in [1.54, 1.807) is 12.1 Å². The Kier molecular flexibility index (Phi) is 3.19. The average Bonchev–Trinajstić information content (AvgIpc) is 2.82. The molecule has 1 fully saturated rings. The molecular weight excluding hydrogens is 356 g/mol. The highest BCUT2D eigenvalue weighted by molar-refractivity contribution is 14.1. The first kappa shape index (κ1) is 13.1. The van der Waals surface area contributed by atoms with Gasteiger partial charge >= 0.3 is 0 Å². The van der Waals surface area contributed by atoms with Crippen LogP contribution in [0.25, 0.3) is 11.0 Å². The van der Waals surface area contributed by atoms with Crippen LogP contribution < -0.4 is 5.73 Å². The molecular formula is C14H17FIN3. The van der Waals surface area contributed by atoms with Crippen molar-refractivity contribution in [2.45, 2.75) is 32.7 Å². The number of halogens is 2. The van der Waals surface area contributed by atoms with Crippen molar-refractivity contribution >= 4 is 39.6 Å². The highest BCUT2D eigenvalue weighted by atomic mass is 127. The van der Waals surface area contributed by atoms with Crippen LogP contribution in [0.2, 0.25) is 0 Å². The highest BCUT2D eigenvalue weighted by Gasteiger charge is 2.33. The van der Waals surface area contributed by atoms with E-state index in [0.29, 0.717) is 27.4 Å². The second-order valence-electron chi connectivity index (χ2n) is 5.58. The summed E-state index contributed by atoms with van der Waals surface area (Å²) in [6.07, 6.45) is 2.28. The van der Waals surface area contributed by atoms with Crippen LogP contribution in [0, 0.1) is 21.2 Å². The molecule has 102 valence electrons. The van der Waals surface area contributed by atoms with Gasteiger partial charge in [0.15, 0.2) is 0 Å². The maximum absolute atomic E-state index is 13.8. The van der Waals surface area contributed by atoms with Crippen LogP contribution in [-0.2, 0) is 0 Å². The molecule has 0 spiro atoms. The summed E-state index contributed by atoms with van der Waals surface area (Å²) in [7, 11) is 0. The van der Waals surface area contributed by atoms with Crippen molar-refractivity contribution in [1.29, 1.82) is 0 Å². The van der Waals surface area contributed by atoms with E-state index in [1.807, 2.05) is 27.2 Å². The Morgan fingerprint density at radius 3 is 2.74 bits per heavy atom. The molecule has 1 aromatic carbocycles. The largest absolute Gasteiger partial charge is 0.369 e. The Hall–Kier alpha value is -0.850. The third-order valence-electron chi connectivity index (χ3n) is 4.51. The number of nitrogen functional groups attached to an aromatic ring is 1. The van der Waals surface area contributed by atoms with Crippen molar-refractivity contribution < 1.29 is 4.39 Å². The number of imidazole rings is 1. The fraction of sp³-hybridized carbons (Fsp3) is 0.500. The lowest BCUT2D eigenvalue weighted by molar-refractivity contribution is 0.361. The molecule has 3 nitrogen and oxygen atoms in total. The lowest BCUT2D eigenvalue weighted by atomic mass is 9.97. The molecule has 0 radical (unpaired) electrons. The molecule has 1 saturated carbocycles. The summed E-state index contributed by atoms with van der Waals surface area (Å²) in [5.41, 5.74) is 7.68. The SMILES string of the molecule is CC1CCC(n2c(N)nc3cc(I)c(F)cc32)C1C. The summed E-state index contributed by atoms with van der Waals surface area (Å²) >= 11 is 1.98. The van der Waals surface area contributed by atoms with E-state index in [0.717, 1.165) is 17.5 Å². The minimum atomic E-state index is -0.201. The van der Waals surface area contributed by atoms with Crippen molar-refractivity contribution in [1.82, 2.24) is 9.55 Å². The van der Waals surface area contributed by atoms with Gasteiger partial charge < -0.3 is 10.3 Å². The Labute approximate surface area is 125 Å². The third-order valence-corrected chi connectivity index (χ3v) is 5.34. The summed E-state index contributed by atoms with van der Waals surface area (Å²) in [5.74, 6) is 1.52. The van der Waals surface area contributed by atoms with Crippen LogP contribution >= 0.6 is 22.6 Å². The van der Waals surface area contributed by atoms with Gasteiger partial charge in [-0.25, -0.2) is 9.37 Å². The molecule has 3 rings (SSSR count). The molecule has 2 aromatic rings. The molecule has 1 aromatic heterocycles. The van der Waals surface area contributed by atoms with Crippen LogP contribution in [0.5, 0.6) is 0 Å². The molecule has 1 aliphatic carbocycles. The Morgan fingerprint density at radius 2 is 2.11 bits per heavy atom. The zero-order chi connectivity index (χ0) is 13.7. The van der Waals surface area contributed by atoms with Gasteiger partial charge in [-0.3, -0.25) is 0 Å². The first-order valence-corrected chi connectivity index (χ1v) is 7.69. The molecule has 3 atom stereocenters. The van der Waals surface area contributed by atoms with E-state index in [-0.39, 0.29) is 5.82 Å². The minimum Gasteiger partial charge on any atom is -0.369 e. The van der Waals surface area contributed by atoms with E-state index >= 15 is 0 Å². The van der Waals surface area contributed by atoms with Gasteiger partial charge in [-0.05, 0) is 53.3 Å². The predicted octanol–water partition coefficient (Wildman–Crippen LogP) is 3.97. The molecule has 1 aliphatic rings. The van der Waals surface area contributed by atoms with Crippen LogP contribution in [0.15, 0.2) is 12.1 Å². The average molecular weight is 373 g/mol. The lowest BCUT2D eigenvalue weighted by Gasteiger charge is -2.21. The van der Waals surface area contributed by atoms with Gasteiger partial charge in [-0.2, -0.15) is 0 Å². The Balaban J connectivity index is 2.18. The first-order chi connectivity index (χ1) is 8.99. The molecule has 2 N–H and O–H groups in total. The number of rotatable bonds is 1. The highest BCUT2D eigenvalue weighted by Crippen LogP contribution is 2.42. The second kappa shape index (κ2) is 4.61. The molecule has 19 heavy (non-hydrogen) atoms. The van der Waals surface area contributed by atoms with Crippen molar-refractivity contribution in [2.75, 3.05) is 5.73 Å². The lowest BCUT2D eigenvalue weighted by Crippen LogP contribution is -2.16. The van der Waals surface area contributed by atoms with E-state index in [1.165, 1.54) is 6.42 Å². The quantitative estimate of drug-likeness (QED) is 0.769. The zero-order valence-corrected chi connectivity index (χ0v) is 13.2. The maximum atomic E-state index is 13.8. The molecule has 0 aliphatic heterocycles. The van der Waals surface area contributed by atoms with Crippen molar-refractivity contribution in [3.8, 4) is 0 Å². The molecule has 0 saturated heterocycles. The van der Waals surface area contributed by atoms with Gasteiger partial charge in [-0.15, -0.1) is 0 Å². The zero-order valence-electron chi connectivity index (χ0n) is 11.0. The number of anilines is 1. The third kappa shape index (κ3) is 2.02. The predicted molar refractivity (Wildman–Crippen MR) is 83.4 cm³/mol. The fourth-order valence-corrected chi connectivity index (χ4v) is 3.61. The number of hydrogen-bond acceptors (Lipinski definition) is 2. The summed E-state index contributed by atoms with van der Waals surface area (Å²) < 4.78 is 16.4. The smallest absolute Gasteiger partial charge is 0.201 e. The number of aromatic nitrogens is 2. The van der Waals surface area contributed by atoms with Gasteiger partial charge in [0.05, 0.1) is 14.6 Å². The number of nitrogens with zero attached hydrogens (tertiary/aromatic N) is 2. The number of nitrogens with two attached hydrogens (primary N) is 1. The van der Waals surface area contributed by atoms with E-state index < -0.39 is 0 Å². The Morgan fingerprint density at radius 1 is 1.37 bits per heavy atom. The monoisotopic (exact) mass is 373 g/mol. The Bertz CT molecular complexity index is 637. The molecule has 0 bridgehead atoms. The molecule has 0 amide bonds. The van der Waals surface area contributed by atoms with Crippen LogP contribution in [0.3, 0.4) is 0 Å². The van der Waals surface area contributed by atoms with Gasteiger partial charge in [0.1, 0.15) is 5.82 Å². The number of fused-ring (bicyclic) bond motifs is 1. The van der Waals surface area contributed by atoms with Crippen molar-refractivity contribution in [3.05, 3.63) is 21.5 Å². The van der Waals surface area contributed by atoms with Crippen LogP contribution in [-0.4, -0.2) is 9.55 Å². The van der Waals surface area contributed by atoms with Crippen molar-refractivity contribution in [3.63, 3.8) is 0 Å². The normalized spacial score (nSPS) is 27.3. The van der Waals surface area contributed by atoms with Gasteiger partial charge in [0.25, 0.3) is 0 Å². The summed E-state index contributed by atoms with van der Waals surface area (Å²) in [4.78, 5) is 4.39. The van der Waals surface area contributed by atoms with Crippen LogP contribution in [0.1, 0.15) is 32.7 Å². The summed E-state index contributed by atoms with van der Waals surface area (Å²) in [6.45, 7) is 4.51. The van der Waals surface area contributed by atoms with Gasteiger partial charge in [0.2, 0.25) is 5.95 Å². The molecule has 1 heterocycles. The standard InChI is InChI=1S/C14H17FIN3/c1-7-3-4-12(8(7)2)19-13-5-9(15)10(16)6-11(13)18-14(19)17/h5-8,12H,3-4H2,1-2H3,(H2,17,18). The van der Waals surface area contributed by atoms with E-state index in [4.69, 9.17) is 5.73 Å². The number of hydrogen-bond donors (Lipinski definition) is 1. The second-order valence-corrected chi connectivity index (χ2v) is 6.74. The van der Waals surface area contributed by atoms with Crippen molar-refractivity contribution in [2.24, 2.45) is 11.8 Å². The summed E-state index contributed by atoms with van der Waals surface area (Å²) in [5, 5.41) is 0. The van der Waals surface area contributed by atoms with Crippen LogP contribution in [0.4, 0.5) is 10.3 Å². The van der Waals surface area contributed by atoms with Gasteiger partial charge in [-0.1, -0.05) is 13.8 Å². The summed E-state index contributed by atoms with van der Waals surface area (Å²) in [6, 6.07) is 3.66. The van der Waals surface area contributed by atoms with E-state index in [9.17, 15) is 4.39 Å². The van der Waals surface area contributed by atoms with E-state index in [2.05, 4.69) is 18.8 Å². The number of benzene rings is 1. The van der Waals surface area contributed by atoms with Gasteiger partial charge in [0, 0.05) is 12.1 Å².